The first-order valence-corrected chi connectivity index (χ1v) is 35.4. The second-order valence-electron chi connectivity index (χ2n) is 22.3. The van der Waals surface area contributed by atoms with Gasteiger partial charge in [0.25, 0.3) is 11.9 Å². The van der Waals surface area contributed by atoms with Gasteiger partial charge in [-0.3, -0.25) is 57.9 Å². The van der Waals surface area contributed by atoms with Gasteiger partial charge < -0.3 is 57.3 Å². The van der Waals surface area contributed by atoms with Crippen molar-refractivity contribution in [3.05, 3.63) is 54.1 Å². The van der Waals surface area contributed by atoms with Crippen LogP contribution in [0.4, 0.5) is 0 Å². The van der Waals surface area contributed by atoms with E-state index in [1.807, 2.05) is 105 Å². The lowest BCUT2D eigenvalue weighted by Gasteiger charge is -2.36. The standard InChI is InChI=1S/C28H51N7O6S.C26H37N5O4.3C4H10.C2H6.CH3NO.CH4O/c1-6-21(7-2)24(37)19-22(26(29)39)30-25(38)10-9-23-27(40)31-28(41-5)34(8-3)15-16-35(23)14-13-33(17-18-36)12-11-32(4)20-42;1-5-19(14-20-15-27-16-28-20)24(33)30-22(7-3)25(34)31-23(13-18-11-9-8-10-12-18)26(35)29-21(6-2)17(4)32;3*1-3-4-2;1-2;2-1-3;1-2/h18,21-23,42H,6-17,19-20H2,1-5H3,(H2,29,39)(H,30,38);8-12,15-16,19,21-23H,5-7,13-14H2,1-4H3,(H,27,28)(H,29,35)(H,30,33)(H,31,34);3*3-4H2,1-2H3;1-2H3;1H,(H2,2,3);2H,1H3/t22-,23?;19-,21?,22?,23-;;;;;;/m00....../s1. The zero-order valence-electron chi connectivity index (χ0n) is 62.1. The van der Waals surface area contributed by atoms with Gasteiger partial charge in [0.05, 0.1) is 32.1 Å². The van der Waals surface area contributed by atoms with Crippen LogP contribution in [-0.2, 0) is 65.5 Å². The van der Waals surface area contributed by atoms with Gasteiger partial charge in [-0.05, 0) is 65.0 Å². The molecular weight excluding hydrogens is 1250 g/mol. The highest BCUT2D eigenvalue weighted by molar-refractivity contribution is 7.80. The number of carbonyl (C=O) groups excluding carboxylic acids is 10. The summed E-state index contributed by atoms with van der Waals surface area (Å²) in [5.74, 6) is -2.98. The number of aliphatic hydroxyl groups is 1. The van der Waals surface area contributed by atoms with Gasteiger partial charge in [0, 0.05) is 108 Å². The van der Waals surface area contributed by atoms with Crippen LogP contribution < -0.4 is 32.7 Å². The molecule has 26 heteroatoms. The predicted octanol–water partition coefficient (Wildman–Crippen LogP) is 7.23. The van der Waals surface area contributed by atoms with Crippen molar-refractivity contribution < 1.29 is 57.8 Å². The van der Waals surface area contributed by atoms with Gasteiger partial charge in [0.2, 0.25) is 35.9 Å². The first-order chi connectivity index (χ1) is 46.0. The SMILES string of the molecule is CC.CCC(CC)C(=O)C[C@H](NC(=O)CCC1C(=O)N=C(OC)N(CC)CCN1CCN(CC=O)CCN(C)CS)C(N)=O.CCC(NC(=O)[C@H](Cc1ccccc1)NC(=O)C(CC)NC(=O)[C@@H](CC)Cc1cnc[nH]1)C(C)=O.CCCC.CCCC.CCCC.CO.NC=O. The number of hydrogen-bond acceptors (Lipinski definition) is 18. The molecule has 1 aliphatic heterocycles. The molecule has 554 valence electrons. The van der Waals surface area contributed by atoms with Crippen LogP contribution in [0.5, 0.6) is 0 Å². The van der Waals surface area contributed by atoms with E-state index in [4.69, 9.17) is 20.4 Å². The number of likely N-dealkylation sites (N-methyl/N-ethyl adjacent to an activating group) is 2. The largest absolute Gasteiger partial charge is 0.468 e. The molecule has 1 aromatic heterocycles. The van der Waals surface area contributed by atoms with Crippen molar-refractivity contribution in [3.63, 3.8) is 0 Å². The van der Waals surface area contributed by atoms with E-state index in [2.05, 4.69) is 96.1 Å². The van der Waals surface area contributed by atoms with Crippen molar-refractivity contribution in [2.75, 3.05) is 79.5 Å². The number of amides is 7. The lowest BCUT2D eigenvalue weighted by molar-refractivity contribution is -0.134. The van der Waals surface area contributed by atoms with Crippen molar-refractivity contribution in [3.8, 4) is 0 Å². The Kier molecular flexibility index (Phi) is 67.1. The number of aliphatic imine (C=N–C) groups is 1. The van der Waals surface area contributed by atoms with E-state index in [1.165, 1.54) is 52.6 Å². The number of Topliss-reactive ketones (excluding diaryl/α,β-unsaturated/α-hetero) is 2. The molecule has 2 heterocycles. The van der Waals surface area contributed by atoms with E-state index in [9.17, 15) is 43.2 Å². The Labute approximate surface area is 583 Å². The fourth-order valence-corrected chi connectivity index (χ4v) is 8.82. The topological polar surface area (TPSA) is 354 Å². The zero-order valence-corrected chi connectivity index (χ0v) is 63.0. The van der Waals surface area contributed by atoms with Gasteiger partial charge in [-0.15, -0.1) is 0 Å². The number of ketones is 2. The number of amidine groups is 1. The van der Waals surface area contributed by atoms with Crippen molar-refractivity contribution in [2.24, 2.45) is 28.3 Å². The molecule has 6 atom stereocenters. The summed E-state index contributed by atoms with van der Waals surface area (Å²) in [6, 6.07) is 5.41. The van der Waals surface area contributed by atoms with Crippen LogP contribution in [0, 0.1) is 11.8 Å². The summed E-state index contributed by atoms with van der Waals surface area (Å²) in [5.41, 5.74) is 11.4. The smallest absolute Gasteiger partial charge is 0.295 e. The lowest BCUT2D eigenvalue weighted by atomic mass is 9.93. The number of benzene rings is 1. The summed E-state index contributed by atoms with van der Waals surface area (Å²) < 4.78 is 5.37. The third kappa shape index (κ3) is 46.5. The second kappa shape index (κ2) is 65.7. The molecule has 96 heavy (non-hydrogen) atoms. The first kappa shape index (κ1) is 98.1. The Balaban J connectivity index is -0.000000458. The number of nitrogens with two attached hydrogens (primary N) is 2. The Morgan fingerprint density at radius 2 is 1.25 bits per heavy atom. The molecule has 0 fully saturated rings. The number of aromatic amines is 1. The number of nitrogens with zero attached hydrogens (tertiary/aromatic N) is 6. The van der Waals surface area contributed by atoms with Crippen molar-refractivity contribution >= 4 is 78.4 Å². The summed E-state index contributed by atoms with van der Waals surface area (Å²) in [6.07, 6.45) is 15.6. The number of H-pyrrole nitrogens is 1. The molecule has 0 radical (unpaired) electrons. The lowest BCUT2D eigenvalue weighted by Crippen LogP contribution is -2.56. The van der Waals surface area contributed by atoms with Gasteiger partial charge in [-0.25, -0.2) is 4.98 Å². The molecule has 7 amide bonds. The Bertz CT molecular complexity index is 2340. The van der Waals surface area contributed by atoms with Crippen LogP contribution in [0.3, 0.4) is 0 Å². The molecule has 0 bridgehead atoms. The van der Waals surface area contributed by atoms with Crippen molar-refractivity contribution in [1.82, 2.24) is 50.8 Å². The van der Waals surface area contributed by atoms with Gasteiger partial charge in [-0.1, -0.05) is 159 Å². The molecule has 3 unspecified atom stereocenters. The maximum absolute atomic E-state index is 13.4. The summed E-state index contributed by atoms with van der Waals surface area (Å²) in [4.78, 5) is 141. The summed E-state index contributed by atoms with van der Waals surface area (Å²) in [5, 5.41) is 18.0. The number of carbonyl (C=O) groups is 10. The minimum Gasteiger partial charge on any atom is -0.468 e. The number of unbranched alkanes of at least 4 members (excludes halogenated alkanes) is 3. The second-order valence-corrected chi connectivity index (χ2v) is 22.6. The van der Waals surface area contributed by atoms with E-state index < -0.39 is 59.7 Å². The highest BCUT2D eigenvalue weighted by atomic mass is 32.1. The third-order valence-electron chi connectivity index (χ3n) is 15.2. The highest BCUT2D eigenvalue weighted by Crippen LogP contribution is 2.17. The average molecular weight is 1380 g/mol. The summed E-state index contributed by atoms with van der Waals surface area (Å²) in [6.45, 7) is 34.1. The molecule has 10 N–H and O–H groups in total. The summed E-state index contributed by atoms with van der Waals surface area (Å²) >= 11 is 4.28. The summed E-state index contributed by atoms with van der Waals surface area (Å²) in [7, 11) is 4.40. The number of aromatic nitrogens is 2. The van der Waals surface area contributed by atoms with E-state index in [0.29, 0.717) is 83.7 Å². The minimum atomic E-state index is -1.11. The third-order valence-corrected chi connectivity index (χ3v) is 15.7. The Hall–Kier alpha value is -6.61. The number of nitrogens with one attached hydrogen (secondary N) is 5. The average Bonchev–Trinajstić information content (AvgIpc) is 1.15. The van der Waals surface area contributed by atoms with Crippen LogP contribution in [0.15, 0.2) is 47.8 Å². The number of aldehydes is 1. The Morgan fingerprint density at radius 3 is 1.69 bits per heavy atom. The maximum atomic E-state index is 13.4. The fourth-order valence-electron chi connectivity index (χ4n) is 8.68. The zero-order chi connectivity index (χ0) is 74.4. The highest BCUT2D eigenvalue weighted by Gasteiger charge is 2.33. The number of rotatable bonds is 37. The molecule has 0 saturated heterocycles. The van der Waals surface area contributed by atoms with Gasteiger partial charge >= 0.3 is 0 Å². The van der Waals surface area contributed by atoms with Crippen LogP contribution in [-0.4, -0.2) is 210 Å². The minimum absolute atomic E-state index is 0.0734. The molecule has 1 aliphatic rings. The van der Waals surface area contributed by atoms with E-state index in [-0.39, 0.29) is 74.0 Å². The molecule has 0 saturated carbocycles. The molecular formula is C70H131N13O12S. The molecule has 2 aromatic rings. The van der Waals surface area contributed by atoms with E-state index in [1.54, 1.807) is 19.4 Å². The van der Waals surface area contributed by atoms with Crippen LogP contribution in [0.25, 0.3) is 0 Å². The quantitative estimate of drug-likeness (QED) is 0.0183. The number of thiol groups is 1. The van der Waals surface area contributed by atoms with E-state index in [0.717, 1.165) is 31.2 Å². The molecule has 0 spiro atoms. The maximum Gasteiger partial charge on any atom is 0.295 e. The van der Waals surface area contributed by atoms with Crippen LogP contribution >= 0.6 is 12.6 Å². The number of methoxy groups -OCH3 is 1. The number of ether oxygens (including phenoxy) is 1. The van der Waals surface area contributed by atoms with Crippen molar-refractivity contribution in [1.29, 1.82) is 0 Å². The van der Waals surface area contributed by atoms with Gasteiger partial charge in [0.1, 0.15) is 30.2 Å². The number of hydrogen-bond donors (Lipinski definition) is 9. The molecule has 0 aliphatic carbocycles. The molecule has 1 aromatic carbocycles. The van der Waals surface area contributed by atoms with Gasteiger partial charge in [0.15, 0.2) is 5.78 Å². The van der Waals surface area contributed by atoms with Crippen molar-refractivity contribution in [2.45, 2.75) is 237 Å². The number of primary amides is 2. The fraction of sp³-hybridized carbons (Fsp3) is 0.714. The molecule has 25 nitrogen and oxygen atoms in total. The number of imidazole rings is 1. The Morgan fingerprint density at radius 1 is 0.729 bits per heavy atom. The van der Waals surface area contributed by atoms with Crippen LogP contribution in [0.2, 0.25) is 0 Å². The van der Waals surface area contributed by atoms with E-state index >= 15 is 0 Å². The predicted molar refractivity (Wildman–Crippen MR) is 390 cm³/mol. The first-order valence-electron chi connectivity index (χ1n) is 34.7. The van der Waals surface area contributed by atoms with Gasteiger partial charge in [-0.2, -0.15) is 17.6 Å². The monoisotopic (exact) mass is 1380 g/mol. The van der Waals surface area contributed by atoms with Crippen LogP contribution in [0.1, 0.15) is 205 Å². The normalized spacial score (nSPS) is 13.9. The number of aliphatic hydroxyl groups excluding tert-OH is 1. The molecule has 3 rings (SSSR count).